The second-order valence-corrected chi connectivity index (χ2v) is 4.48. The van der Waals surface area contributed by atoms with Crippen LogP contribution in [0.2, 0.25) is 0 Å². The Morgan fingerprint density at radius 3 is 2.69 bits per heavy atom. The van der Waals surface area contributed by atoms with Crippen molar-refractivity contribution in [3.05, 3.63) is 33.5 Å². The van der Waals surface area contributed by atoms with E-state index >= 15 is 0 Å². The fraction of sp³-hybridized carbons (Fsp3) is 0.400. The zero-order chi connectivity index (χ0) is 9.59. The van der Waals surface area contributed by atoms with Crippen molar-refractivity contribution in [1.29, 1.82) is 0 Å². The molecule has 0 bridgehead atoms. The Labute approximate surface area is 85.3 Å². The predicted octanol–water partition coefficient (Wildman–Crippen LogP) is 2.71. The van der Waals surface area contributed by atoms with Gasteiger partial charge in [0.15, 0.2) is 0 Å². The Morgan fingerprint density at radius 2 is 2.15 bits per heavy atom. The zero-order valence-electron chi connectivity index (χ0n) is 7.35. The zero-order valence-corrected chi connectivity index (χ0v) is 8.94. The maximum absolute atomic E-state index is 13.2. The van der Waals surface area contributed by atoms with Gasteiger partial charge in [-0.2, -0.15) is 0 Å². The quantitative estimate of drug-likeness (QED) is 0.807. The molecule has 0 aromatic heterocycles. The summed E-state index contributed by atoms with van der Waals surface area (Å²) in [5.41, 5.74) is 7.90. The van der Waals surface area contributed by atoms with E-state index in [-0.39, 0.29) is 11.9 Å². The normalized spacial score (nSPS) is 26.2. The van der Waals surface area contributed by atoms with Crippen molar-refractivity contribution in [2.75, 3.05) is 0 Å². The maximum Gasteiger partial charge on any atom is 0.137 e. The van der Waals surface area contributed by atoms with Gasteiger partial charge in [0.25, 0.3) is 0 Å². The number of rotatable bonds is 1. The van der Waals surface area contributed by atoms with E-state index in [1.807, 2.05) is 13.0 Å². The van der Waals surface area contributed by atoms with Gasteiger partial charge < -0.3 is 5.73 Å². The van der Waals surface area contributed by atoms with Crippen LogP contribution in [0.3, 0.4) is 0 Å². The summed E-state index contributed by atoms with van der Waals surface area (Å²) in [6.45, 7) is 1.99. The molecule has 1 aromatic rings. The van der Waals surface area contributed by atoms with Gasteiger partial charge in [0.1, 0.15) is 5.82 Å². The fourth-order valence-corrected chi connectivity index (χ4v) is 2.09. The van der Waals surface area contributed by atoms with Gasteiger partial charge in [-0.1, -0.05) is 0 Å². The molecule has 1 nitrogen and oxygen atoms in total. The van der Waals surface area contributed by atoms with Gasteiger partial charge >= 0.3 is 0 Å². The molecule has 0 unspecified atom stereocenters. The van der Waals surface area contributed by atoms with Gasteiger partial charge in [0, 0.05) is 12.0 Å². The molecule has 70 valence electrons. The summed E-state index contributed by atoms with van der Waals surface area (Å²) in [6.07, 6.45) is 0.988. The highest BCUT2D eigenvalue weighted by atomic mass is 79.9. The molecule has 0 spiro atoms. The summed E-state index contributed by atoms with van der Waals surface area (Å²) < 4.78 is 13.7. The van der Waals surface area contributed by atoms with Crippen LogP contribution < -0.4 is 5.73 Å². The Morgan fingerprint density at radius 1 is 1.54 bits per heavy atom. The lowest BCUT2D eigenvalue weighted by Gasteiger charge is -2.05. The van der Waals surface area contributed by atoms with E-state index < -0.39 is 0 Å². The molecule has 13 heavy (non-hydrogen) atoms. The molecule has 0 heterocycles. The van der Waals surface area contributed by atoms with E-state index in [0.717, 1.165) is 17.5 Å². The summed E-state index contributed by atoms with van der Waals surface area (Å²) in [4.78, 5) is 0. The summed E-state index contributed by atoms with van der Waals surface area (Å²) in [7, 11) is 0. The number of benzene rings is 1. The van der Waals surface area contributed by atoms with Crippen LogP contribution in [0.25, 0.3) is 0 Å². The largest absolute Gasteiger partial charge is 0.327 e. The van der Waals surface area contributed by atoms with Gasteiger partial charge in [-0.3, -0.25) is 0 Å². The standard InChI is InChI=1S/C10H11BrFN/c1-5-2-8(11)9(12)3-6(5)7-4-10(7)13/h2-3,7,10H,4,13H2,1H3/t7-,10+/m1/s1. The molecular formula is C10H11BrFN. The molecule has 0 aliphatic heterocycles. The van der Waals surface area contributed by atoms with Crippen LogP contribution in [-0.2, 0) is 0 Å². The lowest BCUT2D eigenvalue weighted by atomic mass is 10.0. The highest BCUT2D eigenvalue weighted by molar-refractivity contribution is 9.10. The molecular weight excluding hydrogens is 233 g/mol. The molecule has 2 atom stereocenters. The van der Waals surface area contributed by atoms with E-state index in [1.54, 1.807) is 6.07 Å². The van der Waals surface area contributed by atoms with E-state index in [4.69, 9.17) is 5.73 Å². The van der Waals surface area contributed by atoms with Crippen molar-refractivity contribution < 1.29 is 4.39 Å². The Kier molecular flexibility index (Phi) is 2.16. The number of hydrogen-bond acceptors (Lipinski definition) is 1. The van der Waals surface area contributed by atoms with Crippen LogP contribution >= 0.6 is 15.9 Å². The van der Waals surface area contributed by atoms with Crippen LogP contribution in [0.5, 0.6) is 0 Å². The summed E-state index contributed by atoms with van der Waals surface area (Å²) in [5.74, 6) is 0.183. The first-order valence-corrected chi connectivity index (χ1v) is 5.10. The monoisotopic (exact) mass is 243 g/mol. The van der Waals surface area contributed by atoms with Crippen molar-refractivity contribution >= 4 is 15.9 Å². The van der Waals surface area contributed by atoms with Crippen molar-refractivity contribution in [2.24, 2.45) is 5.73 Å². The molecule has 0 radical (unpaired) electrons. The molecule has 2 N–H and O–H groups in total. The minimum atomic E-state index is -0.195. The minimum absolute atomic E-state index is 0.195. The second kappa shape index (κ2) is 3.07. The topological polar surface area (TPSA) is 26.0 Å². The Hall–Kier alpha value is -0.410. The molecule has 1 aromatic carbocycles. The average Bonchev–Trinajstić information content (AvgIpc) is 2.75. The lowest BCUT2D eigenvalue weighted by Crippen LogP contribution is -2.02. The average molecular weight is 244 g/mol. The molecule has 1 aliphatic carbocycles. The lowest BCUT2D eigenvalue weighted by molar-refractivity contribution is 0.618. The van der Waals surface area contributed by atoms with E-state index in [2.05, 4.69) is 15.9 Å². The van der Waals surface area contributed by atoms with Crippen molar-refractivity contribution in [1.82, 2.24) is 0 Å². The van der Waals surface area contributed by atoms with Crippen molar-refractivity contribution in [3.8, 4) is 0 Å². The van der Waals surface area contributed by atoms with Crippen LogP contribution in [-0.4, -0.2) is 6.04 Å². The van der Waals surface area contributed by atoms with Gasteiger partial charge in [0.2, 0.25) is 0 Å². The van der Waals surface area contributed by atoms with E-state index in [1.165, 1.54) is 0 Å². The van der Waals surface area contributed by atoms with Crippen LogP contribution in [0, 0.1) is 12.7 Å². The first-order valence-electron chi connectivity index (χ1n) is 4.30. The molecule has 1 saturated carbocycles. The van der Waals surface area contributed by atoms with Crippen molar-refractivity contribution in [2.45, 2.75) is 25.3 Å². The number of halogens is 2. The molecule has 0 amide bonds. The molecule has 2 rings (SSSR count). The second-order valence-electron chi connectivity index (χ2n) is 3.63. The number of hydrogen-bond donors (Lipinski definition) is 1. The van der Waals surface area contributed by atoms with Crippen LogP contribution in [0.1, 0.15) is 23.5 Å². The van der Waals surface area contributed by atoms with Crippen molar-refractivity contribution in [3.63, 3.8) is 0 Å². The van der Waals surface area contributed by atoms with Gasteiger partial charge in [-0.25, -0.2) is 4.39 Å². The van der Waals surface area contributed by atoms with Gasteiger partial charge in [0.05, 0.1) is 4.47 Å². The number of aryl methyl sites for hydroxylation is 1. The summed E-state index contributed by atoms with van der Waals surface area (Å²) in [6, 6.07) is 3.64. The Balaban J connectivity index is 2.41. The van der Waals surface area contributed by atoms with Crippen LogP contribution in [0.15, 0.2) is 16.6 Å². The third-order valence-corrected chi connectivity index (χ3v) is 3.16. The van der Waals surface area contributed by atoms with Crippen LogP contribution in [0.4, 0.5) is 4.39 Å². The first kappa shape index (κ1) is 9.16. The fourth-order valence-electron chi connectivity index (χ4n) is 1.63. The minimum Gasteiger partial charge on any atom is -0.327 e. The molecule has 0 saturated heterocycles. The van der Waals surface area contributed by atoms with Gasteiger partial charge in [-0.05, 0) is 52.5 Å². The SMILES string of the molecule is Cc1cc(Br)c(F)cc1[C@H]1C[C@@H]1N. The summed E-state index contributed by atoms with van der Waals surface area (Å²) >= 11 is 3.16. The highest BCUT2D eigenvalue weighted by Crippen LogP contribution is 2.41. The third-order valence-electron chi connectivity index (χ3n) is 2.55. The number of nitrogens with two attached hydrogens (primary N) is 1. The van der Waals surface area contributed by atoms with Gasteiger partial charge in [-0.15, -0.1) is 0 Å². The maximum atomic E-state index is 13.2. The first-order chi connectivity index (χ1) is 6.09. The summed E-state index contributed by atoms with van der Waals surface area (Å²) in [5, 5.41) is 0. The smallest absolute Gasteiger partial charge is 0.137 e. The Bertz CT molecular complexity index is 351. The highest BCUT2D eigenvalue weighted by Gasteiger charge is 2.36. The molecule has 3 heteroatoms. The molecule has 1 aliphatic rings. The predicted molar refractivity (Wildman–Crippen MR) is 54.2 cm³/mol. The van der Waals surface area contributed by atoms with E-state index in [0.29, 0.717) is 10.4 Å². The third kappa shape index (κ3) is 1.63. The van der Waals surface area contributed by atoms with E-state index in [9.17, 15) is 4.39 Å². The molecule has 1 fully saturated rings.